The minimum Gasteiger partial charge on any atom is -0.395 e. The Morgan fingerprint density at radius 3 is 2.61 bits per heavy atom. The molecule has 0 bridgehead atoms. The number of rotatable bonds is 2. The van der Waals surface area contributed by atoms with Crippen molar-refractivity contribution >= 4 is 9.84 Å². The van der Waals surface area contributed by atoms with Gasteiger partial charge in [-0.25, -0.2) is 8.42 Å². The summed E-state index contributed by atoms with van der Waals surface area (Å²) in [5, 5.41) is 9.58. The molecular formula is C14H18O3S. The van der Waals surface area contributed by atoms with Crippen LogP contribution in [0.2, 0.25) is 0 Å². The van der Waals surface area contributed by atoms with Crippen molar-refractivity contribution in [2.24, 2.45) is 0 Å². The number of benzene rings is 1. The lowest BCUT2D eigenvalue weighted by Crippen LogP contribution is -2.38. The van der Waals surface area contributed by atoms with E-state index in [2.05, 4.69) is 0 Å². The number of aliphatic hydroxyl groups is 1. The third kappa shape index (κ3) is 1.70. The fourth-order valence-corrected chi connectivity index (χ4v) is 4.69. The Labute approximate surface area is 108 Å². The van der Waals surface area contributed by atoms with Crippen LogP contribution >= 0.6 is 0 Å². The van der Waals surface area contributed by atoms with E-state index in [0.29, 0.717) is 11.3 Å². The molecule has 0 amide bonds. The lowest BCUT2D eigenvalue weighted by Gasteiger charge is -2.41. The molecule has 1 aliphatic carbocycles. The Hall–Kier alpha value is -0.870. The van der Waals surface area contributed by atoms with Gasteiger partial charge >= 0.3 is 0 Å². The summed E-state index contributed by atoms with van der Waals surface area (Å²) < 4.78 is 23.9. The predicted octanol–water partition coefficient (Wildman–Crippen LogP) is 1.82. The molecule has 0 saturated heterocycles. The van der Waals surface area contributed by atoms with Crippen LogP contribution in [0, 0.1) is 0 Å². The summed E-state index contributed by atoms with van der Waals surface area (Å²) in [4.78, 5) is 0.505. The summed E-state index contributed by atoms with van der Waals surface area (Å²) in [7, 11) is -3.06. The smallest absolute Gasteiger partial charge is 0.178 e. The Kier molecular flexibility index (Phi) is 2.75. The first kappa shape index (κ1) is 12.2. The first-order valence-corrected chi connectivity index (χ1v) is 8.20. The van der Waals surface area contributed by atoms with Gasteiger partial charge in [0.2, 0.25) is 0 Å². The Balaban J connectivity index is 2.07. The lowest BCUT2D eigenvalue weighted by atomic mass is 9.65. The molecule has 3 rings (SSSR count). The van der Waals surface area contributed by atoms with E-state index < -0.39 is 9.84 Å². The molecule has 0 unspecified atom stereocenters. The molecule has 3 nitrogen and oxygen atoms in total. The minimum absolute atomic E-state index is 0.101. The molecule has 1 aromatic rings. The van der Waals surface area contributed by atoms with Gasteiger partial charge in [0.05, 0.1) is 17.3 Å². The molecule has 1 aromatic carbocycles. The summed E-state index contributed by atoms with van der Waals surface area (Å²) in [6.45, 7) is 0.165. The average Bonchev–Trinajstić information content (AvgIpc) is 2.27. The van der Waals surface area contributed by atoms with E-state index in [1.54, 1.807) is 6.07 Å². The van der Waals surface area contributed by atoms with Crippen molar-refractivity contribution in [3.05, 3.63) is 29.3 Å². The van der Waals surface area contributed by atoms with E-state index in [0.717, 1.165) is 36.8 Å². The first-order valence-electron chi connectivity index (χ1n) is 6.54. The fourth-order valence-electron chi connectivity index (χ4n) is 3.11. The van der Waals surface area contributed by atoms with Crippen molar-refractivity contribution in [2.45, 2.75) is 42.4 Å². The van der Waals surface area contributed by atoms with E-state index >= 15 is 0 Å². The molecule has 0 atom stereocenters. The van der Waals surface area contributed by atoms with E-state index in [9.17, 15) is 13.5 Å². The second kappa shape index (κ2) is 4.07. The predicted molar refractivity (Wildman–Crippen MR) is 69.4 cm³/mol. The van der Waals surface area contributed by atoms with Crippen LogP contribution in [0.25, 0.3) is 0 Å². The first-order chi connectivity index (χ1) is 8.57. The quantitative estimate of drug-likeness (QED) is 0.888. The SMILES string of the molecule is O=S1(=O)CCCc2cc(C3(CO)CCC3)ccc21. The number of sulfone groups is 1. The lowest BCUT2D eigenvalue weighted by molar-refractivity contribution is 0.120. The third-order valence-corrected chi connectivity index (χ3v) is 6.37. The minimum atomic E-state index is -3.06. The molecule has 1 saturated carbocycles. The zero-order valence-electron chi connectivity index (χ0n) is 10.4. The van der Waals surface area contributed by atoms with Crippen LogP contribution in [-0.2, 0) is 21.7 Å². The maximum absolute atomic E-state index is 11.9. The maximum atomic E-state index is 11.9. The van der Waals surface area contributed by atoms with Crippen LogP contribution in [0.15, 0.2) is 23.1 Å². The van der Waals surface area contributed by atoms with Crippen LogP contribution in [0.4, 0.5) is 0 Å². The standard InChI is InChI=1S/C14H18O3S/c15-10-14(6-2-7-14)12-4-5-13-11(9-12)3-1-8-18(13,16)17/h4-5,9,15H,1-3,6-8,10H2. The van der Waals surface area contributed by atoms with Crippen LogP contribution in [0.1, 0.15) is 36.8 Å². The van der Waals surface area contributed by atoms with Crippen molar-refractivity contribution in [3.63, 3.8) is 0 Å². The molecule has 0 aromatic heterocycles. The molecule has 1 heterocycles. The van der Waals surface area contributed by atoms with Crippen molar-refractivity contribution in [2.75, 3.05) is 12.4 Å². The molecular weight excluding hydrogens is 248 g/mol. The summed E-state index contributed by atoms with van der Waals surface area (Å²) in [6, 6.07) is 5.66. The number of fused-ring (bicyclic) bond motifs is 1. The van der Waals surface area contributed by atoms with Gasteiger partial charge in [0.15, 0.2) is 9.84 Å². The normalized spacial score (nSPS) is 24.1. The Morgan fingerprint density at radius 1 is 1.22 bits per heavy atom. The fraction of sp³-hybridized carbons (Fsp3) is 0.571. The summed E-state index contributed by atoms with van der Waals surface area (Å²) in [5.74, 6) is 0.268. The molecule has 2 aliphatic rings. The topological polar surface area (TPSA) is 54.4 Å². The van der Waals surface area contributed by atoms with Gasteiger partial charge in [-0.2, -0.15) is 0 Å². The van der Waals surface area contributed by atoms with Crippen molar-refractivity contribution in [3.8, 4) is 0 Å². The van der Waals surface area contributed by atoms with Crippen LogP contribution in [-0.4, -0.2) is 25.9 Å². The number of hydrogen-bond acceptors (Lipinski definition) is 3. The molecule has 1 fully saturated rings. The van der Waals surface area contributed by atoms with E-state index in [1.807, 2.05) is 12.1 Å². The highest BCUT2D eigenvalue weighted by Crippen LogP contribution is 2.44. The second-order valence-corrected chi connectivity index (χ2v) is 7.61. The molecule has 0 spiro atoms. The maximum Gasteiger partial charge on any atom is 0.178 e. The molecule has 4 heteroatoms. The molecule has 1 aliphatic heterocycles. The summed E-state index contributed by atoms with van der Waals surface area (Å²) in [5.41, 5.74) is 1.96. The van der Waals surface area contributed by atoms with E-state index in [-0.39, 0.29) is 17.8 Å². The van der Waals surface area contributed by atoms with Gasteiger partial charge < -0.3 is 5.11 Å². The van der Waals surface area contributed by atoms with Crippen LogP contribution in [0.3, 0.4) is 0 Å². The van der Waals surface area contributed by atoms with E-state index in [4.69, 9.17) is 0 Å². The van der Waals surface area contributed by atoms with Gasteiger partial charge in [-0.05, 0) is 42.9 Å². The Morgan fingerprint density at radius 2 is 2.00 bits per heavy atom. The summed E-state index contributed by atoms with van der Waals surface area (Å²) >= 11 is 0. The van der Waals surface area contributed by atoms with Crippen LogP contribution < -0.4 is 0 Å². The molecule has 0 radical (unpaired) electrons. The van der Waals surface area contributed by atoms with Crippen molar-refractivity contribution < 1.29 is 13.5 Å². The molecule has 1 N–H and O–H groups in total. The van der Waals surface area contributed by atoms with Gasteiger partial charge in [0, 0.05) is 5.41 Å². The third-order valence-electron chi connectivity index (χ3n) is 4.48. The average molecular weight is 266 g/mol. The van der Waals surface area contributed by atoms with Crippen molar-refractivity contribution in [1.29, 1.82) is 0 Å². The summed E-state index contributed by atoms with van der Waals surface area (Å²) in [6.07, 6.45) is 4.72. The molecule has 18 heavy (non-hydrogen) atoms. The highest BCUT2D eigenvalue weighted by atomic mass is 32.2. The van der Waals surface area contributed by atoms with Gasteiger partial charge in [-0.15, -0.1) is 0 Å². The van der Waals surface area contributed by atoms with Gasteiger partial charge in [-0.3, -0.25) is 0 Å². The van der Waals surface area contributed by atoms with Gasteiger partial charge in [-0.1, -0.05) is 18.6 Å². The van der Waals surface area contributed by atoms with E-state index in [1.165, 1.54) is 0 Å². The number of hydrogen-bond donors (Lipinski definition) is 1. The van der Waals surface area contributed by atoms with Crippen molar-refractivity contribution in [1.82, 2.24) is 0 Å². The second-order valence-electron chi connectivity index (χ2n) is 5.54. The number of aliphatic hydroxyl groups excluding tert-OH is 1. The highest BCUT2D eigenvalue weighted by molar-refractivity contribution is 7.91. The highest BCUT2D eigenvalue weighted by Gasteiger charge is 2.38. The number of aryl methyl sites for hydroxylation is 1. The molecule has 98 valence electrons. The monoisotopic (exact) mass is 266 g/mol. The largest absolute Gasteiger partial charge is 0.395 e. The van der Waals surface area contributed by atoms with Gasteiger partial charge in [0.25, 0.3) is 0 Å². The zero-order valence-corrected chi connectivity index (χ0v) is 11.2. The Bertz CT molecular complexity index is 565. The van der Waals surface area contributed by atoms with Crippen LogP contribution in [0.5, 0.6) is 0 Å². The van der Waals surface area contributed by atoms with Gasteiger partial charge in [0.1, 0.15) is 0 Å². The zero-order chi connectivity index (χ0) is 12.8.